The first-order chi connectivity index (χ1) is 8.04. The number of aryl methyl sites for hydroxylation is 2. The highest BCUT2D eigenvalue weighted by molar-refractivity contribution is 7.85. The Hall–Kier alpha value is -0.670. The van der Waals surface area contributed by atoms with Gasteiger partial charge in [-0.15, -0.1) is 0 Å². The van der Waals surface area contributed by atoms with E-state index in [1.54, 1.807) is 0 Å². The van der Waals surface area contributed by atoms with Gasteiger partial charge in [-0.2, -0.15) is 0 Å². The molecular weight excluding hydrogens is 230 g/mol. The largest absolute Gasteiger partial charge is 0.307 e. The maximum absolute atomic E-state index is 11.9. The van der Waals surface area contributed by atoms with Gasteiger partial charge >= 0.3 is 0 Å². The van der Waals surface area contributed by atoms with E-state index in [-0.39, 0.29) is 6.04 Å². The van der Waals surface area contributed by atoms with Crippen molar-refractivity contribution in [2.45, 2.75) is 39.3 Å². The summed E-state index contributed by atoms with van der Waals surface area (Å²) in [5.74, 6) is 1.57. The monoisotopic (exact) mass is 251 g/mol. The zero-order valence-corrected chi connectivity index (χ0v) is 11.6. The lowest BCUT2D eigenvalue weighted by Gasteiger charge is -2.20. The Morgan fingerprint density at radius 3 is 2.53 bits per heavy atom. The molecule has 1 fully saturated rings. The molecule has 1 aromatic carbocycles. The molecule has 1 N–H and O–H groups in total. The lowest BCUT2D eigenvalue weighted by molar-refractivity contribution is 0.484. The SMILES string of the molecule is Cc1cc(C)cc(C2CS(=O)CCC(C)N2)c1. The van der Waals surface area contributed by atoms with E-state index in [0.717, 1.165) is 17.9 Å². The molecule has 3 unspecified atom stereocenters. The molecule has 1 aliphatic heterocycles. The Labute approximate surface area is 106 Å². The molecule has 0 saturated carbocycles. The minimum Gasteiger partial charge on any atom is -0.307 e. The molecule has 0 aromatic heterocycles. The van der Waals surface area contributed by atoms with Gasteiger partial charge < -0.3 is 5.32 Å². The molecule has 0 radical (unpaired) electrons. The fraction of sp³-hybridized carbons (Fsp3) is 0.571. The van der Waals surface area contributed by atoms with Crippen molar-refractivity contribution < 1.29 is 4.21 Å². The highest BCUT2D eigenvalue weighted by atomic mass is 32.2. The molecular formula is C14H21NOS. The van der Waals surface area contributed by atoms with Crippen LogP contribution in [0.3, 0.4) is 0 Å². The maximum Gasteiger partial charge on any atom is 0.0439 e. The fourth-order valence-corrected chi connectivity index (χ4v) is 3.90. The molecule has 3 atom stereocenters. The summed E-state index contributed by atoms with van der Waals surface area (Å²) >= 11 is 0. The third-order valence-corrected chi connectivity index (χ3v) is 4.66. The Balaban J connectivity index is 2.27. The van der Waals surface area contributed by atoms with E-state index in [1.807, 2.05) is 0 Å². The van der Waals surface area contributed by atoms with Crippen molar-refractivity contribution in [2.75, 3.05) is 11.5 Å². The first-order valence-electron chi connectivity index (χ1n) is 6.24. The van der Waals surface area contributed by atoms with Gasteiger partial charge in [0.15, 0.2) is 0 Å². The van der Waals surface area contributed by atoms with Crippen molar-refractivity contribution in [3.63, 3.8) is 0 Å². The average Bonchev–Trinajstić information content (AvgIpc) is 2.39. The van der Waals surface area contributed by atoms with E-state index in [0.29, 0.717) is 6.04 Å². The molecule has 17 heavy (non-hydrogen) atoms. The molecule has 0 spiro atoms. The predicted octanol–water partition coefficient (Wildman–Crippen LogP) is 2.48. The van der Waals surface area contributed by atoms with Crippen LogP contribution < -0.4 is 5.32 Å². The van der Waals surface area contributed by atoms with Crippen LogP contribution in [0.5, 0.6) is 0 Å². The summed E-state index contributed by atoms with van der Waals surface area (Å²) in [6.45, 7) is 6.42. The van der Waals surface area contributed by atoms with E-state index in [9.17, 15) is 4.21 Å². The van der Waals surface area contributed by atoms with Gasteiger partial charge in [0.1, 0.15) is 0 Å². The molecule has 0 aliphatic carbocycles. The fourth-order valence-electron chi connectivity index (χ4n) is 2.46. The molecule has 0 bridgehead atoms. The maximum atomic E-state index is 11.9. The van der Waals surface area contributed by atoms with E-state index < -0.39 is 10.8 Å². The van der Waals surface area contributed by atoms with Gasteiger partial charge in [0.2, 0.25) is 0 Å². The highest BCUT2D eigenvalue weighted by Gasteiger charge is 2.21. The van der Waals surface area contributed by atoms with Crippen molar-refractivity contribution in [3.8, 4) is 0 Å². The van der Waals surface area contributed by atoms with Gasteiger partial charge in [0.25, 0.3) is 0 Å². The van der Waals surface area contributed by atoms with Crippen LogP contribution in [0.4, 0.5) is 0 Å². The van der Waals surface area contributed by atoms with Crippen LogP contribution in [0.15, 0.2) is 18.2 Å². The van der Waals surface area contributed by atoms with Crippen molar-refractivity contribution in [3.05, 3.63) is 34.9 Å². The lowest BCUT2D eigenvalue weighted by Crippen LogP contribution is -2.30. The first kappa shape index (κ1) is 12.8. The van der Waals surface area contributed by atoms with Crippen LogP contribution in [-0.2, 0) is 10.8 Å². The number of hydrogen-bond acceptors (Lipinski definition) is 2. The normalized spacial score (nSPS) is 29.9. The molecule has 2 nitrogen and oxygen atoms in total. The van der Waals surface area contributed by atoms with Gasteiger partial charge in [-0.3, -0.25) is 4.21 Å². The molecule has 1 aromatic rings. The second-order valence-corrected chi connectivity index (χ2v) is 6.76. The molecule has 1 aliphatic rings. The molecule has 3 heteroatoms. The van der Waals surface area contributed by atoms with Crippen LogP contribution in [0.1, 0.15) is 36.1 Å². The van der Waals surface area contributed by atoms with Gasteiger partial charge in [-0.25, -0.2) is 0 Å². The summed E-state index contributed by atoms with van der Waals surface area (Å²) in [7, 11) is -0.685. The summed E-state index contributed by atoms with van der Waals surface area (Å²) in [5, 5.41) is 3.59. The van der Waals surface area contributed by atoms with E-state index in [2.05, 4.69) is 44.3 Å². The lowest BCUT2D eigenvalue weighted by atomic mass is 10.0. The van der Waals surface area contributed by atoms with E-state index >= 15 is 0 Å². The molecule has 2 rings (SSSR count). The van der Waals surface area contributed by atoms with E-state index in [1.165, 1.54) is 16.7 Å². The van der Waals surface area contributed by atoms with Crippen molar-refractivity contribution in [1.29, 1.82) is 0 Å². The number of rotatable bonds is 1. The van der Waals surface area contributed by atoms with Crippen molar-refractivity contribution >= 4 is 10.8 Å². The van der Waals surface area contributed by atoms with E-state index in [4.69, 9.17) is 0 Å². The minimum absolute atomic E-state index is 0.243. The number of nitrogens with one attached hydrogen (secondary N) is 1. The highest BCUT2D eigenvalue weighted by Crippen LogP contribution is 2.21. The van der Waals surface area contributed by atoms with Crippen LogP contribution in [-0.4, -0.2) is 21.8 Å². The quantitative estimate of drug-likeness (QED) is 0.831. The van der Waals surface area contributed by atoms with Crippen LogP contribution in [0.25, 0.3) is 0 Å². The summed E-state index contributed by atoms with van der Waals surface area (Å²) in [6, 6.07) is 7.29. The van der Waals surface area contributed by atoms with Crippen LogP contribution >= 0.6 is 0 Å². The van der Waals surface area contributed by atoms with Crippen molar-refractivity contribution in [2.24, 2.45) is 0 Å². The van der Waals surface area contributed by atoms with Gasteiger partial charge in [0.05, 0.1) is 0 Å². The van der Waals surface area contributed by atoms with Gasteiger partial charge in [-0.1, -0.05) is 29.3 Å². The Kier molecular flexibility index (Phi) is 4.00. The molecule has 1 heterocycles. The van der Waals surface area contributed by atoms with Gasteiger partial charge in [-0.05, 0) is 32.8 Å². The Morgan fingerprint density at radius 1 is 1.24 bits per heavy atom. The van der Waals surface area contributed by atoms with Crippen molar-refractivity contribution in [1.82, 2.24) is 5.32 Å². The third-order valence-electron chi connectivity index (χ3n) is 3.26. The third kappa shape index (κ3) is 3.39. The second-order valence-electron chi connectivity index (χ2n) is 5.14. The summed E-state index contributed by atoms with van der Waals surface area (Å²) in [5.41, 5.74) is 3.85. The topological polar surface area (TPSA) is 29.1 Å². The zero-order chi connectivity index (χ0) is 12.4. The van der Waals surface area contributed by atoms with Gasteiger partial charge in [0, 0.05) is 34.4 Å². The Bertz CT molecular complexity index is 410. The smallest absolute Gasteiger partial charge is 0.0439 e. The second kappa shape index (κ2) is 5.32. The first-order valence-corrected chi connectivity index (χ1v) is 7.72. The number of hydrogen-bond donors (Lipinski definition) is 1. The van der Waals surface area contributed by atoms with Crippen LogP contribution in [0.2, 0.25) is 0 Å². The molecule has 1 saturated heterocycles. The average molecular weight is 251 g/mol. The summed E-state index contributed by atoms with van der Waals surface area (Å²) < 4.78 is 11.9. The summed E-state index contributed by atoms with van der Waals surface area (Å²) in [4.78, 5) is 0. The van der Waals surface area contributed by atoms with Crippen LogP contribution in [0, 0.1) is 13.8 Å². The number of benzene rings is 1. The molecule has 94 valence electrons. The molecule has 0 amide bonds. The minimum atomic E-state index is -0.685. The zero-order valence-electron chi connectivity index (χ0n) is 10.8. The summed E-state index contributed by atoms with van der Waals surface area (Å²) in [6.07, 6.45) is 1.01. The standard InChI is InChI=1S/C14H21NOS/c1-10-6-11(2)8-13(7-10)14-9-17(16)5-4-12(3)15-14/h6-8,12,14-15H,4-5,9H2,1-3H3. The Morgan fingerprint density at radius 2 is 1.88 bits per heavy atom. The predicted molar refractivity (Wildman–Crippen MR) is 73.7 cm³/mol.